The predicted molar refractivity (Wildman–Crippen MR) is 51.6 cm³/mol. The van der Waals surface area contributed by atoms with Crippen molar-refractivity contribution in [1.82, 2.24) is 10.2 Å². The van der Waals surface area contributed by atoms with E-state index in [2.05, 4.69) is 14.8 Å². The lowest BCUT2D eigenvalue weighted by molar-refractivity contribution is -0.0435. The van der Waals surface area contributed by atoms with E-state index in [0.717, 1.165) is 6.40 Å². The molecule has 0 aromatic carbocycles. The molecule has 1 aromatic rings. The first-order valence-corrected chi connectivity index (χ1v) is 5.78. The van der Waals surface area contributed by atoms with Crippen molar-refractivity contribution in [2.45, 2.75) is 17.3 Å². The quantitative estimate of drug-likeness (QED) is 0.662. The highest BCUT2D eigenvalue weighted by Crippen LogP contribution is 2.34. The van der Waals surface area contributed by atoms with Crippen molar-refractivity contribution < 1.29 is 26.3 Å². The Balaban J connectivity index is 3.13. The Morgan fingerprint density at radius 2 is 2.24 bits per heavy atom. The Bertz CT molecular complexity index is 506. The molecule has 0 spiro atoms. The highest BCUT2D eigenvalue weighted by atomic mass is 32.2. The molecule has 1 N–H and O–H groups in total. The van der Waals surface area contributed by atoms with Gasteiger partial charge in [-0.05, 0) is 6.92 Å². The number of aromatic amines is 1. The standard InChI is InChI=1S/C7H8F3N3O3S/c1-2-16-4-11-6-5(3-12-13-6)17(14,15)7(8,9)10/h3-4H,2H2,1H3,(H,12,13). The lowest BCUT2D eigenvalue weighted by Crippen LogP contribution is -2.22. The fourth-order valence-electron chi connectivity index (χ4n) is 0.847. The summed E-state index contributed by atoms with van der Waals surface area (Å²) in [7, 11) is -5.46. The van der Waals surface area contributed by atoms with E-state index in [-0.39, 0.29) is 6.61 Å². The summed E-state index contributed by atoms with van der Waals surface area (Å²) in [5, 5.41) is 5.24. The van der Waals surface area contributed by atoms with Crippen molar-refractivity contribution in [2.75, 3.05) is 6.61 Å². The lowest BCUT2D eigenvalue weighted by Gasteiger charge is -2.05. The van der Waals surface area contributed by atoms with Gasteiger partial charge in [0.25, 0.3) is 9.84 Å². The molecule has 0 atom stereocenters. The van der Waals surface area contributed by atoms with Crippen LogP contribution < -0.4 is 0 Å². The van der Waals surface area contributed by atoms with Crippen molar-refractivity contribution in [3.05, 3.63) is 6.20 Å². The highest BCUT2D eigenvalue weighted by molar-refractivity contribution is 7.92. The summed E-state index contributed by atoms with van der Waals surface area (Å²) in [5.41, 5.74) is -5.40. The van der Waals surface area contributed by atoms with E-state index in [9.17, 15) is 21.6 Å². The molecule has 0 saturated carbocycles. The van der Waals surface area contributed by atoms with Gasteiger partial charge in [0, 0.05) is 0 Å². The van der Waals surface area contributed by atoms with E-state index in [1.54, 1.807) is 6.92 Å². The Kier molecular flexibility index (Phi) is 3.76. The second-order valence-corrected chi connectivity index (χ2v) is 4.63. The molecule has 0 aliphatic heterocycles. The maximum atomic E-state index is 12.3. The molecule has 17 heavy (non-hydrogen) atoms. The number of H-pyrrole nitrogens is 1. The Morgan fingerprint density at radius 1 is 1.59 bits per heavy atom. The summed E-state index contributed by atoms with van der Waals surface area (Å²) in [4.78, 5) is 2.35. The molecule has 1 aromatic heterocycles. The van der Waals surface area contributed by atoms with Crippen LogP contribution in [-0.4, -0.2) is 37.1 Å². The minimum atomic E-state index is -5.46. The maximum Gasteiger partial charge on any atom is 0.502 e. The van der Waals surface area contributed by atoms with Crippen LogP contribution in [0.3, 0.4) is 0 Å². The van der Waals surface area contributed by atoms with E-state index < -0.39 is 26.1 Å². The van der Waals surface area contributed by atoms with E-state index >= 15 is 0 Å². The fourth-order valence-corrected chi connectivity index (χ4v) is 1.64. The third-order valence-corrected chi connectivity index (χ3v) is 3.09. The molecule has 0 radical (unpaired) electrons. The maximum absolute atomic E-state index is 12.3. The number of nitrogens with one attached hydrogen (secondary N) is 1. The normalized spacial score (nSPS) is 13.2. The Hall–Kier alpha value is -1.58. The van der Waals surface area contributed by atoms with Gasteiger partial charge in [0.15, 0.2) is 12.2 Å². The lowest BCUT2D eigenvalue weighted by atomic mass is 10.6. The Labute approximate surface area is 94.4 Å². The monoisotopic (exact) mass is 271 g/mol. The summed E-state index contributed by atoms with van der Waals surface area (Å²) in [6.45, 7) is 1.88. The number of aliphatic imine (C=N–C) groups is 1. The second kappa shape index (κ2) is 4.73. The SMILES string of the molecule is CCOC=Nc1[nH]ncc1S(=O)(=O)C(F)(F)F. The molecule has 0 amide bonds. The van der Waals surface area contributed by atoms with Crippen LogP contribution in [0, 0.1) is 0 Å². The first-order chi connectivity index (χ1) is 7.80. The van der Waals surface area contributed by atoms with Crippen LogP contribution in [0.25, 0.3) is 0 Å². The largest absolute Gasteiger partial charge is 0.502 e. The van der Waals surface area contributed by atoms with Crippen LogP contribution in [-0.2, 0) is 14.6 Å². The van der Waals surface area contributed by atoms with Crippen LogP contribution in [0.2, 0.25) is 0 Å². The van der Waals surface area contributed by atoms with Crippen molar-refractivity contribution in [1.29, 1.82) is 0 Å². The molecule has 1 rings (SSSR count). The molecule has 0 unspecified atom stereocenters. The number of alkyl halides is 3. The van der Waals surface area contributed by atoms with Crippen LogP contribution in [0.1, 0.15) is 6.92 Å². The zero-order chi connectivity index (χ0) is 13.1. The molecule has 1 heterocycles. The second-order valence-electron chi connectivity index (χ2n) is 2.72. The summed E-state index contributed by atoms with van der Waals surface area (Å²) >= 11 is 0. The first kappa shape index (κ1) is 13.5. The zero-order valence-corrected chi connectivity index (χ0v) is 9.34. The number of ether oxygens (including phenoxy) is 1. The van der Waals surface area contributed by atoms with E-state index in [1.807, 2.05) is 5.10 Å². The first-order valence-electron chi connectivity index (χ1n) is 4.29. The van der Waals surface area contributed by atoms with Gasteiger partial charge in [-0.2, -0.15) is 18.3 Å². The summed E-state index contributed by atoms with van der Waals surface area (Å²) in [6.07, 6.45) is 1.38. The summed E-state index contributed by atoms with van der Waals surface area (Å²) < 4.78 is 63.5. The number of aromatic nitrogens is 2. The topological polar surface area (TPSA) is 84.4 Å². The van der Waals surface area contributed by atoms with Gasteiger partial charge in [0.1, 0.15) is 4.90 Å². The average molecular weight is 271 g/mol. The van der Waals surface area contributed by atoms with Gasteiger partial charge in [0.05, 0.1) is 12.8 Å². The molecule has 96 valence electrons. The molecular formula is C7H8F3N3O3S. The number of hydrogen-bond acceptors (Lipinski definition) is 5. The molecular weight excluding hydrogens is 263 g/mol. The minimum Gasteiger partial charge on any atom is -0.483 e. The number of nitrogens with zero attached hydrogens (tertiary/aromatic N) is 2. The fraction of sp³-hybridized carbons (Fsp3) is 0.429. The van der Waals surface area contributed by atoms with Crippen LogP contribution in [0.4, 0.5) is 19.0 Å². The number of halogens is 3. The van der Waals surface area contributed by atoms with Crippen LogP contribution in [0.15, 0.2) is 16.1 Å². The Morgan fingerprint density at radius 3 is 2.76 bits per heavy atom. The van der Waals surface area contributed by atoms with Gasteiger partial charge >= 0.3 is 5.51 Å². The highest BCUT2D eigenvalue weighted by Gasteiger charge is 2.48. The minimum absolute atomic E-state index is 0.249. The molecule has 0 saturated heterocycles. The molecule has 0 bridgehead atoms. The smallest absolute Gasteiger partial charge is 0.483 e. The number of sulfone groups is 1. The number of hydrogen-bond donors (Lipinski definition) is 1. The van der Waals surface area contributed by atoms with Crippen LogP contribution >= 0.6 is 0 Å². The van der Waals surface area contributed by atoms with Crippen LogP contribution in [0.5, 0.6) is 0 Å². The number of rotatable bonds is 4. The third-order valence-electron chi connectivity index (χ3n) is 1.60. The van der Waals surface area contributed by atoms with Gasteiger partial charge in [-0.1, -0.05) is 0 Å². The van der Waals surface area contributed by atoms with Crippen molar-refractivity contribution in [3.8, 4) is 0 Å². The van der Waals surface area contributed by atoms with Gasteiger partial charge in [-0.3, -0.25) is 5.10 Å². The van der Waals surface area contributed by atoms with Crippen molar-refractivity contribution >= 4 is 22.1 Å². The predicted octanol–water partition coefficient (Wildman–Crippen LogP) is 1.40. The zero-order valence-electron chi connectivity index (χ0n) is 8.52. The molecule has 0 aliphatic carbocycles. The molecule has 6 nitrogen and oxygen atoms in total. The molecule has 10 heteroatoms. The van der Waals surface area contributed by atoms with Gasteiger partial charge in [0.2, 0.25) is 0 Å². The van der Waals surface area contributed by atoms with Gasteiger partial charge in [-0.15, -0.1) is 0 Å². The van der Waals surface area contributed by atoms with E-state index in [4.69, 9.17) is 0 Å². The van der Waals surface area contributed by atoms with E-state index in [0.29, 0.717) is 6.20 Å². The van der Waals surface area contributed by atoms with Gasteiger partial charge in [-0.25, -0.2) is 13.4 Å². The summed E-state index contributed by atoms with van der Waals surface area (Å²) in [6, 6.07) is 0. The van der Waals surface area contributed by atoms with Crippen molar-refractivity contribution in [2.24, 2.45) is 4.99 Å². The third kappa shape index (κ3) is 2.75. The van der Waals surface area contributed by atoms with Crippen molar-refractivity contribution in [3.63, 3.8) is 0 Å². The average Bonchev–Trinajstić information content (AvgIpc) is 2.65. The molecule has 0 aliphatic rings. The molecule has 0 fully saturated rings. The van der Waals surface area contributed by atoms with Gasteiger partial charge < -0.3 is 4.74 Å². The van der Waals surface area contributed by atoms with E-state index in [1.165, 1.54) is 0 Å². The summed E-state index contributed by atoms with van der Waals surface area (Å²) in [5.74, 6) is -0.532.